The van der Waals surface area contributed by atoms with Crippen LogP contribution in [0.4, 0.5) is 0 Å². The van der Waals surface area contributed by atoms with Gasteiger partial charge in [-0.25, -0.2) is 0 Å². The molecule has 3 nitrogen and oxygen atoms in total. The molecule has 0 aromatic heterocycles. The molecule has 1 aliphatic rings. The number of carbonyl (C=O) groups excluding carboxylic acids is 1. The Hall–Kier alpha value is -0.570. The smallest absolute Gasteiger partial charge is 0.220 e. The van der Waals surface area contributed by atoms with E-state index < -0.39 is 0 Å². The summed E-state index contributed by atoms with van der Waals surface area (Å²) in [5, 5.41) is 3.09. The van der Waals surface area contributed by atoms with Crippen LogP contribution in [-0.4, -0.2) is 19.0 Å². The maximum Gasteiger partial charge on any atom is 0.220 e. The summed E-state index contributed by atoms with van der Waals surface area (Å²) in [6.07, 6.45) is 6.94. The minimum Gasteiger partial charge on any atom is -0.356 e. The van der Waals surface area contributed by atoms with E-state index in [-0.39, 0.29) is 5.91 Å². The largest absolute Gasteiger partial charge is 0.356 e. The molecule has 0 aromatic carbocycles. The van der Waals surface area contributed by atoms with E-state index in [9.17, 15) is 4.79 Å². The van der Waals surface area contributed by atoms with Crippen molar-refractivity contribution in [2.24, 2.45) is 17.1 Å². The van der Waals surface area contributed by atoms with Gasteiger partial charge in [-0.05, 0) is 37.1 Å². The van der Waals surface area contributed by atoms with Crippen molar-refractivity contribution >= 4 is 5.91 Å². The van der Waals surface area contributed by atoms with Crippen molar-refractivity contribution in [3.63, 3.8) is 0 Å². The van der Waals surface area contributed by atoms with E-state index in [1.165, 1.54) is 32.1 Å². The van der Waals surface area contributed by atoms with Crippen LogP contribution in [0.1, 0.15) is 52.4 Å². The maximum atomic E-state index is 11.7. The number of nitrogens with one attached hydrogen (secondary N) is 1. The Morgan fingerprint density at radius 1 is 1.44 bits per heavy atom. The molecule has 1 fully saturated rings. The molecule has 0 heterocycles. The highest BCUT2D eigenvalue weighted by Gasteiger charge is 2.32. The van der Waals surface area contributed by atoms with Crippen LogP contribution in [0.2, 0.25) is 0 Å². The predicted molar refractivity (Wildman–Crippen MR) is 67.0 cm³/mol. The summed E-state index contributed by atoms with van der Waals surface area (Å²) >= 11 is 0. The Morgan fingerprint density at radius 3 is 2.56 bits per heavy atom. The lowest BCUT2D eigenvalue weighted by molar-refractivity contribution is -0.122. The van der Waals surface area contributed by atoms with E-state index in [1.807, 2.05) is 6.92 Å². The van der Waals surface area contributed by atoms with E-state index >= 15 is 0 Å². The van der Waals surface area contributed by atoms with Gasteiger partial charge in [0.25, 0.3) is 0 Å². The molecule has 3 N–H and O–H groups in total. The van der Waals surface area contributed by atoms with Gasteiger partial charge in [-0.1, -0.05) is 26.7 Å². The Morgan fingerprint density at radius 2 is 2.06 bits per heavy atom. The van der Waals surface area contributed by atoms with Crippen LogP contribution in [0, 0.1) is 11.3 Å². The number of hydrogen-bond acceptors (Lipinski definition) is 2. The molecule has 16 heavy (non-hydrogen) atoms. The number of hydrogen-bond donors (Lipinski definition) is 2. The Bertz CT molecular complexity index is 222. The minimum absolute atomic E-state index is 0.165. The molecule has 0 aliphatic heterocycles. The average Bonchev–Trinajstić information content (AvgIpc) is 2.75. The zero-order chi connectivity index (χ0) is 12.0. The summed E-state index contributed by atoms with van der Waals surface area (Å²) in [5.41, 5.74) is 5.90. The van der Waals surface area contributed by atoms with Crippen LogP contribution in [0.25, 0.3) is 0 Å². The molecule has 0 radical (unpaired) electrons. The normalized spacial score (nSPS) is 20.7. The van der Waals surface area contributed by atoms with Gasteiger partial charge in [0.1, 0.15) is 0 Å². The van der Waals surface area contributed by atoms with E-state index in [0.717, 1.165) is 6.54 Å². The molecule has 94 valence electrons. The van der Waals surface area contributed by atoms with Crippen LogP contribution in [0.3, 0.4) is 0 Å². The van der Waals surface area contributed by atoms with E-state index in [2.05, 4.69) is 12.2 Å². The lowest BCUT2D eigenvalue weighted by Crippen LogP contribution is -2.36. The topological polar surface area (TPSA) is 55.1 Å². The summed E-state index contributed by atoms with van der Waals surface area (Å²) in [5.74, 6) is 0.457. The van der Waals surface area contributed by atoms with Gasteiger partial charge in [0.05, 0.1) is 0 Å². The molecule has 1 aliphatic carbocycles. The molecule has 1 atom stereocenters. The van der Waals surface area contributed by atoms with E-state index in [4.69, 9.17) is 5.73 Å². The summed E-state index contributed by atoms with van der Waals surface area (Å²) < 4.78 is 0. The van der Waals surface area contributed by atoms with E-state index in [0.29, 0.717) is 24.3 Å². The van der Waals surface area contributed by atoms with Crippen LogP contribution in [0.5, 0.6) is 0 Å². The monoisotopic (exact) mass is 226 g/mol. The molecule has 1 amide bonds. The van der Waals surface area contributed by atoms with Crippen molar-refractivity contribution in [1.29, 1.82) is 0 Å². The lowest BCUT2D eigenvalue weighted by atomic mass is 9.83. The third kappa shape index (κ3) is 3.78. The zero-order valence-corrected chi connectivity index (χ0v) is 10.7. The molecule has 1 unspecified atom stereocenters. The first kappa shape index (κ1) is 13.5. The highest BCUT2D eigenvalue weighted by molar-refractivity contribution is 5.76. The van der Waals surface area contributed by atoms with Crippen molar-refractivity contribution in [3.05, 3.63) is 0 Å². The predicted octanol–water partition coefficient (Wildman–Crippen LogP) is 2.06. The lowest BCUT2D eigenvalue weighted by Gasteiger charge is -2.27. The molecule has 1 saturated carbocycles. The second-order valence-corrected chi connectivity index (χ2v) is 5.38. The van der Waals surface area contributed by atoms with Crippen molar-refractivity contribution in [1.82, 2.24) is 5.32 Å². The second kappa shape index (κ2) is 6.24. The van der Waals surface area contributed by atoms with Crippen molar-refractivity contribution in [2.75, 3.05) is 13.1 Å². The van der Waals surface area contributed by atoms with Crippen molar-refractivity contribution in [3.8, 4) is 0 Å². The molecule has 1 rings (SSSR count). The van der Waals surface area contributed by atoms with Gasteiger partial charge in [0.15, 0.2) is 0 Å². The molecular weight excluding hydrogens is 200 g/mol. The van der Waals surface area contributed by atoms with Gasteiger partial charge in [-0.15, -0.1) is 0 Å². The Labute approximate surface area is 99.2 Å². The van der Waals surface area contributed by atoms with Gasteiger partial charge in [-0.2, -0.15) is 0 Å². The van der Waals surface area contributed by atoms with Crippen molar-refractivity contribution in [2.45, 2.75) is 52.4 Å². The maximum absolute atomic E-state index is 11.7. The fourth-order valence-corrected chi connectivity index (χ4v) is 2.54. The quantitative estimate of drug-likeness (QED) is 0.728. The number of carbonyl (C=O) groups is 1. The number of amides is 1. The van der Waals surface area contributed by atoms with Crippen molar-refractivity contribution < 1.29 is 4.79 Å². The molecule has 0 spiro atoms. The number of rotatable bonds is 6. The fraction of sp³-hybridized carbons (Fsp3) is 0.923. The Kier molecular flexibility index (Phi) is 5.26. The van der Waals surface area contributed by atoms with Gasteiger partial charge in [-0.3, -0.25) is 4.79 Å². The molecule has 3 heteroatoms. The summed E-state index contributed by atoms with van der Waals surface area (Å²) in [4.78, 5) is 11.7. The standard InChI is InChI=1S/C13H26N2O/c1-3-13(6-4-5-7-13)10-15-12(16)8-11(2)9-14/h11H,3-10,14H2,1-2H3,(H,15,16). The number of nitrogens with two attached hydrogens (primary N) is 1. The van der Waals surface area contributed by atoms with Crippen LogP contribution in [-0.2, 0) is 4.79 Å². The Balaban J connectivity index is 2.29. The van der Waals surface area contributed by atoms with Gasteiger partial charge < -0.3 is 11.1 Å². The first-order chi connectivity index (χ1) is 7.62. The first-order valence-corrected chi connectivity index (χ1v) is 6.58. The fourth-order valence-electron chi connectivity index (χ4n) is 2.54. The second-order valence-electron chi connectivity index (χ2n) is 5.38. The van der Waals surface area contributed by atoms with Gasteiger partial charge in [0, 0.05) is 13.0 Å². The average molecular weight is 226 g/mol. The summed E-state index contributed by atoms with van der Waals surface area (Å²) in [6.45, 7) is 5.71. The molecule has 0 aromatic rings. The third-order valence-electron chi connectivity index (χ3n) is 4.01. The minimum atomic E-state index is 0.165. The van der Waals surface area contributed by atoms with Gasteiger partial charge in [0.2, 0.25) is 5.91 Å². The molecule has 0 bridgehead atoms. The SMILES string of the molecule is CCC1(CNC(=O)CC(C)CN)CCCC1. The third-order valence-corrected chi connectivity index (χ3v) is 4.01. The van der Waals surface area contributed by atoms with Crippen LogP contribution >= 0.6 is 0 Å². The van der Waals surface area contributed by atoms with Gasteiger partial charge >= 0.3 is 0 Å². The highest BCUT2D eigenvalue weighted by atomic mass is 16.1. The molecule has 0 saturated heterocycles. The summed E-state index contributed by atoms with van der Waals surface area (Å²) in [6, 6.07) is 0. The highest BCUT2D eigenvalue weighted by Crippen LogP contribution is 2.40. The van der Waals surface area contributed by atoms with Crippen LogP contribution < -0.4 is 11.1 Å². The molecular formula is C13H26N2O. The summed E-state index contributed by atoms with van der Waals surface area (Å²) in [7, 11) is 0. The first-order valence-electron chi connectivity index (χ1n) is 6.58. The van der Waals surface area contributed by atoms with E-state index in [1.54, 1.807) is 0 Å². The zero-order valence-electron chi connectivity index (χ0n) is 10.7. The van der Waals surface area contributed by atoms with Crippen LogP contribution in [0.15, 0.2) is 0 Å².